The van der Waals surface area contributed by atoms with E-state index >= 15 is 0 Å². The summed E-state index contributed by atoms with van der Waals surface area (Å²) in [6.07, 6.45) is 0. The van der Waals surface area contributed by atoms with Crippen LogP contribution in [-0.2, 0) is 0 Å². The smallest absolute Gasteiger partial charge is 0.124 e. The molecule has 0 aromatic heterocycles. The third-order valence-electron chi connectivity index (χ3n) is 2.54. The SMILES string of the molecule is Cc1cc(F)cc(-c2c(Cl)c(Cl)c(Cl)c(Cl)c2Cl)c1. The molecule has 6 heteroatoms. The van der Waals surface area contributed by atoms with Crippen LogP contribution in [-0.4, -0.2) is 0 Å². The van der Waals surface area contributed by atoms with Crippen LogP contribution in [0.5, 0.6) is 0 Å². The third kappa shape index (κ3) is 2.81. The van der Waals surface area contributed by atoms with Crippen LogP contribution in [0, 0.1) is 12.7 Å². The normalized spacial score (nSPS) is 10.9. The van der Waals surface area contributed by atoms with Gasteiger partial charge in [0.2, 0.25) is 0 Å². The Balaban J connectivity index is 2.82. The predicted molar refractivity (Wildman–Crippen MR) is 81.6 cm³/mol. The van der Waals surface area contributed by atoms with Crippen LogP contribution in [0.25, 0.3) is 11.1 Å². The highest BCUT2D eigenvalue weighted by Gasteiger charge is 2.20. The first-order chi connectivity index (χ1) is 8.82. The molecule has 0 spiro atoms. The highest BCUT2D eigenvalue weighted by molar-refractivity contribution is 6.56. The van der Waals surface area contributed by atoms with Crippen molar-refractivity contribution >= 4 is 58.0 Å². The number of benzene rings is 2. The van der Waals surface area contributed by atoms with Crippen LogP contribution in [0.4, 0.5) is 4.39 Å². The average molecular weight is 358 g/mol. The minimum absolute atomic E-state index is 0.0789. The molecule has 0 radical (unpaired) electrons. The highest BCUT2D eigenvalue weighted by atomic mass is 35.5. The van der Waals surface area contributed by atoms with Crippen molar-refractivity contribution in [3.05, 3.63) is 54.7 Å². The summed E-state index contributed by atoms with van der Waals surface area (Å²) in [6.45, 7) is 1.76. The summed E-state index contributed by atoms with van der Waals surface area (Å²) < 4.78 is 13.5. The lowest BCUT2D eigenvalue weighted by molar-refractivity contribution is 0.627. The van der Waals surface area contributed by atoms with Crippen molar-refractivity contribution in [1.29, 1.82) is 0 Å². The van der Waals surface area contributed by atoms with Crippen LogP contribution in [0.2, 0.25) is 25.1 Å². The number of hydrogen-bond donors (Lipinski definition) is 0. The molecule has 2 rings (SSSR count). The minimum Gasteiger partial charge on any atom is -0.207 e. The summed E-state index contributed by atoms with van der Waals surface area (Å²) in [4.78, 5) is 0. The van der Waals surface area contributed by atoms with E-state index in [0.29, 0.717) is 11.1 Å². The van der Waals surface area contributed by atoms with Gasteiger partial charge >= 0.3 is 0 Å². The van der Waals surface area contributed by atoms with Crippen molar-refractivity contribution in [3.63, 3.8) is 0 Å². The number of rotatable bonds is 1. The molecule has 19 heavy (non-hydrogen) atoms. The molecular weight excluding hydrogens is 352 g/mol. The van der Waals surface area contributed by atoms with E-state index in [4.69, 9.17) is 58.0 Å². The van der Waals surface area contributed by atoms with Crippen molar-refractivity contribution in [3.8, 4) is 11.1 Å². The lowest BCUT2D eigenvalue weighted by Crippen LogP contribution is -1.89. The van der Waals surface area contributed by atoms with E-state index in [-0.39, 0.29) is 25.1 Å². The van der Waals surface area contributed by atoms with Crippen molar-refractivity contribution in [2.45, 2.75) is 6.92 Å². The van der Waals surface area contributed by atoms with Gasteiger partial charge in [-0.25, -0.2) is 4.39 Å². The Hall–Kier alpha value is -0.180. The fourth-order valence-corrected chi connectivity index (χ4v) is 3.10. The summed E-state index contributed by atoms with van der Waals surface area (Å²) in [6, 6.07) is 4.43. The van der Waals surface area contributed by atoms with E-state index in [1.54, 1.807) is 13.0 Å². The topological polar surface area (TPSA) is 0 Å². The van der Waals surface area contributed by atoms with E-state index in [9.17, 15) is 4.39 Å². The number of halogens is 6. The van der Waals surface area contributed by atoms with Crippen molar-refractivity contribution in [1.82, 2.24) is 0 Å². The van der Waals surface area contributed by atoms with Gasteiger partial charge in [0.05, 0.1) is 25.1 Å². The van der Waals surface area contributed by atoms with Crippen LogP contribution in [0.3, 0.4) is 0 Å². The Kier molecular flexibility index (Phi) is 4.54. The quantitative estimate of drug-likeness (QED) is 0.378. The fourth-order valence-electron chi connectivity index (χ4n) is 1.74. The van der Waals surface area contributed by atoms with Gasteiger partial charge in [-0.05, 0) is 30.2 Å². The second-order valence-corrected chi connectivity index (χ2v) is 5.85. The summed E-state index contributed by atoms with van der Waals surface area (Å²) in [5.41, 5.74) is 1.59. The van der Waals surface area contributed by atoms with Gasteiger partial charge < -0.3 is 0 Å². The molecule has 2 aromatic carbocycles. The Morgan fingerprint density at radius 3 is 1.68 bits per heavy atom. The fraction of sp³-hybridized carbons (Fsp3) is 0.0769. The monoisotopic (exact) mass is 356 g/mol. The standard InChI is InChI=1S/C13H6Cl5F/c1-5-2-6(4-7(19)3-5)8-9(14)11(16)13(18)12(17)10(8)15/h2-4H,1H3. The minimum atomic E-state index is -0.399. The Morgan fingerprint density at radius 2 is 1.21 bits per heavy atom. The number of aryl methyl sites for hydroxylation is 1. The predicted octanol–water partition coefficient (Wildman–Crippen LogP) is 7.07. The average Bonchev–Trinajstić information content (AvgIpc) is 2.33. The van der Waals surface area contributed by atoms with E-state index in [1.165, 1.54) is 12.1 Å². The molecule has 0 aliphatic carbocycles. The summed E-state index contributed by atoms with van der Waals surface area (Å²) in [5, 5.41) is 0.552. The zero-order valence-corrected chi connectivity index (χ0v) is 13.3. The van der Waals surface area contributed by atoms with E-state index in [0.717, 1.165) is 5.56 Å². The van der Waals surface area contributed by atoms with Gasteiger partial charge in [-0.3, -0.25) is 0 Å². The van der Waals surface area contributed by atoms with Gasteiger partial charge in [-0.15, -0.1) is 0 Å². The van der Waals surface area contributed by atoms with Gasteiger partial charge in [0.15, 0.2) is 0 Å². The molecule has 0 atom stereocenters. The summed E-state index contributed by atoms with van der Waals surface area (Å²) in [7, 11) is 0. The second kappa shape index (κ2) is 5.67. The molecule has 0 bridgehead atoms. The Labute approximate surface area is 135 Å². The lowest BCUT2D eigenvalue weighted by Gasteiger charge is -2.13. The van der Waals surface area contributed by atoms with E-state index in [1.807, 2.05) is 0 Å². The molecule has 0 aliphatic heterocycles. The van der Waals surface area contributed by atoms with Crippen LogP contribution in [0.1, 0.15) is 5.56 Å². The first-order valence-corrected chi connectivity index (χ1v) is 7.01. The molecule has 0 nitrogen and oxygen atoms in total. The van der Waals surface area contributed by atoms with Gasteiger partial charge in [0, 0.05) is 5.56 Å². The molecule has 0 saturated carbocycles. The molecule has 0 fully saturated rings. The molecule has 0 aliphatic rings. The molecular formula is C13H6Cl5F. The molecule has 0 N–H and O–H groups in total. The highest BCUT2D eigenvalue weighted by Crippen LogP contribution is 2.48. The first-order valence-electron chi connectivity index (χ1n) is 5.12. The molecule has 2 aromatic rings. The largest absolute Gasteiger partial charge is 0.207 e. The zero-order chi connectivity index (χ0) is 14.3. The second-order valence-electron chi connectivity index (χ2n) is 3.96. The Morgan fingerprint density at radius 1 is 0.737 bits per heavy atom. The maximum absolute atomic E-state index is 13.5. The van der Waals surface area contributed by atoms with E-state index in [2.05, 4.69) is 0 Å². The first kappa shape index (κ1) is 15.2. The molecule has 100 valence electrons. The summed E-state index contributed by atoms with van der Waals surface area (Å²) >= 11 is 30.1. The molecule has 0 saturated heterocycles. The maximum Gasteiger partial charge on any atom is 0.124 e. The molecule has 0 amide bonds. The zero-order valence-electron chi connectivity index (χ0n) is 9.50. The van der Waals surface area contributed by atoms with Crippen molar-refractivity contribution in [2.75, 3.05) is 0 Å². The Bertz CT molecular complexity index is 617. The number of hydrogen-bond acceptors (Lipinski definition) is 0. The van der Waals surface area contributed by atoms with Crippen LogP contribution >= 0.6 is 58.0 Å². The molecule has 0 heterocycles. The van der Waals surface area contributed by atoms with Crippen LogP contribution in [0.15, 0.2) is 18.2 Å². The van der Waals surface area contributed by atoms with Gasteiger partial charge in [0.1, 0.15) is 5.82 Å². The van der Waals surface area contributed by atoms with E-state index < -0.39 is 5.82 Å². The lowest BCUT2D eigenvalue weighted by atomic mass is 10.0. The third-order valence-corrected chi connectivity index (χ3v) is 4.82. The van der Waals surface area contributed by atoms with Crippen LogP contribution < -0.4 is 0 Å². The van der Waals surface area contributed by atoms with Gasteiger partial charge in [-0.2, -0.15) is 0 Å². The maximum atomic E-state index is 13.5. The van der Waals surface area contributed by atoms with Gasteiger partial charge in [0.25, 0.3) is 0 Å². The molecule has 0 unspecified atom stereocenters. The van der Waals surface area contributed by atoms with Gasteiger partial charge in [-0.1, -0.05) is 64.1 Å². The van der Waals surface area contributed by atoms with Crippen molar-refractivity contribution < 1.29 is 4.39 Å². The van der Waals surface area contributed by atoms with Crippen molar-refractivity contribution in [2.24, 2.45) is 0 Å². The summed E-state index contributed by atoms with van der Waals surface area (Å²) in [5.74, 6) is -0.399.